The summed E-state index contributed by atoms with van der Waals surface area (Å²) in [6.07, 6.45) is 5.32. The van der Waals surface area contributed by atoms with E-state index in [9.17, 15) is 9.18 Å². The molecule has 0 aromatic carbocycles. The first-order valence-electron chi connectivity index (χ1n) is 8.08. The smallest absolute Gasteiger partial charge is 0.410 e. The van der Waals surface area contributed by atoms with Gasteiger partial charge in [0.2, 0.25) is 5.95 Å². The van der Waals surface area contributed by atoms with E-state index in [0.29, 0.717) is 4.47 Å². The minimum absolute atomic E-state index is 0.114. The highest BCUT2D eigenvalue weighted by molar-refractivity contribution is 9.10. The number of aromatic nitrogens is 1. The fourth-order valence-electron chi connectivity index (χ4n) is 3.78. The van der Waals surface area contributed by atoms with Crippen LogP contribution >= 0.6 is 15.9 Å². The second-order valence-electron chi connectivity index (χ2n) is 7.42. The van der Waals surface area contributed by atoms with Crippen LogP contribution in [-0.4, -0.2) is 33.7 Å². The van der Waals surface area contributed by atoms with Crippen molar-refractivity contribution in [2.75, 3.05) is 0 Å². The van der Waals surface area contributed by atoms with Gasteiger partial charge in [0.25, 0.3) is 0 Å². The molecule has 0 saturated carbocycles. The molecular formula is C17H22BrFN2O2. The van der Waals surface area contributed by atoms with E-state index in [2.05, 4.69) is 20.9 Å². The highest BCUT2D eigenvalue weighted by Gasteiger charge is 2.47. The second-order valence-corrected chi connectivity index (χ2v) is 8.28. The minimum atomic E-state index is -0.501. The summed E-state index contributed by atoms with van der Waals surface area (Å²) in [6, 6.07) is 2.11. The maximum Gasteiger partial charge on any atom is 0.410 e. The Morgan fingerprint density at radius 3 is 2.83 bits per heavy atom. The van der Waals surface area contributed by atoms with Crippen molar-refractivity contribution in [2.24, 2.45) is 0 Å². The van der Waals surface area contributed by atoms with Crippen LogP contribution in [0.1, 0.15) is 57.9 Å². The third-order valence-corrected chi connectivity index (χ3v) is 5.18. The second kappa shape index (κ2) is 6.04. The summed E-state index contributed by atoms with van der Waals surface area (Å²) in [5.74, 6) is -0.307. The molecule has 2 saturated heterocycles. The van der Waals surface area contributed by atoms with Crippen molar-refractivity contribution in [2.45, 2.75) is 70.1 Å². The first kappa shape index (κ1) is 16.7. The van der Waals surface area contributed by atoms with E-state index in [1.54, 1.807) is 12.3 Å². The lowest BCUT2D eigenvalue weighted by Gasteiger charge is -2.36. The van der Waals surface area contributed by atoms with Gasteiger partial charge in [-0.3, -0.25) is 0 Å². The van der Waals surface area contributed by atoms with Crippen LogP contribution in [0.2, 0.25) is 0 Å². The molecule has 1 aromatic heterocycles. The number of halogens is 2. The molecule has 2 aliphatic rings. The van der Waals surface area contributed by atoms with Crippen LogP contribution in [0, 0.1) is 5.95 Å². The number of piperidine rings is 1. The number of pyridine rings is 1. The molecule has 3 rings (SSSR count). The van der Waals surface area contributed by atoms with Gasteiger partial charge in [-0.15, -0.1) is 0 Å². The molecule has 4 nitrogen and oxygen atoms in total. The molecular weight excluding hydrogens is 363 g/mol. The largest absolute Gasteiger partial charge is 0.444 e. The van der Waals surface area contributed by atoms with E-state index in [1.165, 1.54) is 0 Å². The zero-order valence-corrected chi connectivity index (χ0v) is 15.3. The molecule has 3 unspecified atom stereocenters. The SMILES string of the molecule is CC(C)(C)OC(=O)N1C2CCCC1C(c1cnc(F)c(Br)c1)C2. The lowest BCUT2D eigenvalue weighted by molar-refractivity contribution is 0.00708. The molecule has 0 spiro atoms. The molecule has 23 heavy (non-hydrogen) atoms. The average molecular weight is 385 g/mol. The monoisotopic (exact) mass is 384 g/mol. The van der Waals surface area contributed by atoms with Gasteiger partial charge >= 0.3 is 6.09 Å². The Kier molecular flexibility index (Phi) is 4.38. The number of hydrogen-bond acceptors (Lipinski definition) is 3. The van der Waals surface area contributed by atoms with Gasteiger partial charge in [-0.05, 0) is 74.0 Å². The quantitative estimate of drug-likeness (QED) is 0.662. The average Bonchev–Trinajstić information content (AvgIpc) is 2.67. The van der Waals surface area contributed by atoms with Gasteiger partial charge in [0.15, 0.2) is 0 Å². The predicted molar refractivity (Wildman–Crippen MR) is 88.8 cm³/mol. The van der Waals surface area contributed by atoms with Gasteiger partial charge in [-0.25, -0.2) is 9.78 Å². The Bertz CT molecular complexity index is 617. The van der Waals surface area contributed by atoms with Gasteiger partial charge in [0.1, 0.15) is 5.60 Å². The molecule has 0 radical (unpaired) electrons. The first-order chi connectivity index (χ1) is 10.8. The van der Waals surface area contributed by atoms with E-state index in [-0.39, 0.29) is 24.1 Å². The zero-order chi connectivity index (χ0) is 16.8. The lowest BCUT2D eigenvalue weighted by atomic mass is 9.91. The molecule has 2 aliphatic heterocycles. The van der Waals surface area contributed by atoms with Crippen LogP contribution in [0.4, 0.5) is 9.18 Å². The van der Waals surface area contributed by atoms with E-state index >= 15 is 0 Å². The summed E-state index contributed by atoms with van der Waals surface area (Å²) in [5, 5.41) is 0. The summed E-state index contributed by atoms with van der Waals surface area (Å²) in [4.78, 5) is 18.3. The zero-order valence-electron chi connectivity index (χ0n) is 13.7. The number of nitrogens with zero attached hydrogens (tertiary/aromatic N) is 2. The molecule has 0 N–H and O–H groups in total. The molecule has 3 heterocycles. The van der Waals surface area contributed by atoms with E-state index in [0.717, 1.165) is 31.2 Å². The normalized spacial score (nSPS) is 27.2. The van der Waals surface area contributed by atoms with Gasteiger partial charge in [0, 0.05) is 24.2 Å². The highest BCUT2D eigenvalue weighted by atomic mass is 79.9. The van der Waals surface area contributed by atoms with Crippen LogP contribution in [-0.2, 0) is 4.74 Å². The van der Waals surface area contributed by atoms with Crippen molar-refractivity contribution in [1.82, 2.24) is 9.88 Å². The summed E-state index contributed by atoms with van der Waals surface area (Å²) in [6.45, 7) is 5.65. The van der Waals surface area contributed by atoms with Gasteiger partial charge < -0.3 is 9.64 Å². The van der Waals surface area contributed by atoms with Gasteiger partial charge in [-0.2, -0.15) is 4.39 Å². The fraction of sp³-hybridized carbons (Fsp3) is 0.647. The Balaban J connectivity index is 1.85. The predicted octanol–water partition coefficient (Wildman–Crippen LogP) is 4.63. The Labute approximate surface area is 144 Å². The molecule has 6 heteroatoms. The van der Waals surface area contributed by atoms with Gasteiger partial charge in [0.05, 0.1) is 4.47 Å². The minimum Gasteiger partial charge on any atom is -0.444 e. The van der Waals surface area contributed by atoms with Crippen molar-refractivity contribution >= 4 is 22.0 Å². The third-order valence-electron chi connectivity index (χ3n) is 4.63. The maximum atomic E-state index is 13.4. The number of carbonyl (C=O) groups is 1. The van der Waals surface area contributed by atoms with E-state index in [4.69, 9.17) is 4.74 Å². The standard InChI is InChI=1S/C17H22BrFN2O2/c1-17(2,3)23-16(22)21-11-5-4-6-14(21)12(8-11)10-7-13(18)15(19)20-9-10/h7,9,11-12,14H,4-6,8H2,1-3H3. The lowest BCUT2D eigenvalue weighted by Crippen LogP contribution is -2.47. The molecule has 2 fully saturated rings. The summed E-state index contributed by atoms with van der Waals surface area (Å²) in [7, 11) is 0. The van der Waals surface area contributed by atoms with Crippen molar-refractivity contribution in [3.8, 4) is 0 Å². The summed E-state index contributed by atoms with van der Waals surface area (Å²) < 4.78 is 19.4. The fourth-order valence-corrected chi connectivity index (χ4v) is 4.15. The number of carbonyl (C=O) groups excluding carboxylic acids is 1. The Morgan fingerprint density at radius 1 is 1.43 bits per heavy atom. The number of ether oxygens (including phenoxy) is 1. The van der Waals surface area contributed by atoms with Crippen molar-refractivity contribution in [3.63, 3.8) is 0 Å². The van der Waals surface area contributed by atoms with Crippen LogP contribution < -0.4 is 0 Å². The third kappa shape index (κ3) is 3.37. The number of hydrogen-bond donors (Lipinski definition) is 0. The van der Waals surface area contributed by atoms with Gasteiger partial charge in [-0.1, -0.05) is 0 Å². The van der Waals surface area contributed by atoms with E-state index < -0.39 is 11.5 Å². The molecule has 1 amide bonds. The molecule has 0 aliphatic carbocycles. The van der Waals surface area contributed by atoms with Crippen LogP contribution in [0.3, 0.4) is 0 Å². The molecule has 2 bridgehead atoms. The van der Waals surface area contributed by atoms with Crippen molar-refractivity contribution in [3.05, 3.63) is 28.2 Å². The Morgan fingerprint density at radius 2 is 2.17 bits per heavy atom. The number of amides is 1. The van der Waals surface area contributed by atoms with Crippen LogP contribution in [0.25, 0.3) is 0 Å². The maximum absolute atomic E-state index is 13.4. The Hall–Kier alpha value is -1.17. The number of fused-ring (bicyclic) bond motifs is 2. The molecule has 3 atom stereocenters. The molecule has 126 valence electrons. The topological polar surface area (TPSA) is 42.4 Å². The summed E-state index contributed by atoms with van der Waals surface area (Å²) >= 11 is 3.21. The van der Waals surface area contributed by atoms with Crippen molar-refractivity contribution < 1.29 is 13.9 Å². The van der Waals surface area contributed by atoms with E-state index in [1.807, 2.05) is 25.7 Å². The van der Waals surface area contributed by atoms with Crippen LogP contribution in [0.15, 0.2) is 16.7 Å². The molecule has 1 aromatic rings. The highest BCUT2D eigenvalue weighted by Crippen LogP contribution is 2.45. The first-order valence-corrected chi connectivity index (χ1v) is 8.88. The van der Waals surface area contributed by atoms with Crippen molar-refractivity contribution in [1.29, 1.82) is 0 Å². The van der Waals surface area contributed by atoms with Crippen LogP contribution in [0.5, 0.6) is 0 Å². The number of rotatable bonds is 1. The summed E-state index contributed by atoms with van der Waals surface area (Å²) in [5.41, 5.74) is 0.491.